The second kappa shape index (κ2) is 15.1. The minimum Gasteiger partial charge on any atom is -0.429 e. The Balaban J connectivity index is 1.30. The largest absolute Gasteiger partial charge is 0.432 e. The maximum absolute atomic E-state index is 15.1. The van der Waals surface area contributed by atoms with Crippen molar-refractivity contribution in [2.45, 2.75) is 63.6 Å². The zero-order valence-electron chi connectivity index (χ0n) is 26.1. The van der Waals surface area contributed by atoms with E-state index in [1.165, 1.54) is 6.07 Å². The first-order valence-corrected chi connectivity index (χ1v) is 15.6. The molecule has 0 unspecified atom stereocenters. The quantitative estimate of drug-likeness (QED) is 0.115. The van der Waals surface area contributed by atoms with Crippen LogP contribution in [0, 0.1) is 34.9 Å². The molecule has 1 fully saturated rings. The molecule has 260 valence electrons. The Morgan fingerprint density at radius 3 is 1.86 bits per heavy atom. The standard InChI is InChI=1S/C37H30F10O2/c1-2-3-12-48-24-7-4-20(5-8-24)22-14-33(42)36(34(43)15-22)37(46,47)49-25-9-11-26(32(41)18-25)21-6-10-27(29(38)13-21)23-16-30(39)28(19-35(44)45)31(40)17-23/h6,9-11,13-20,24H,2-5,7-8,12H2,1H3. The van der Waals surface area contributed by atoms with Gasteiger partial charge in [0.25, 0.3) is 6.08 Å². The average Bonchev–Trinajstić information content (AvgIpc) is 3.02. The predicted molar refractivity (Wildman–Crippen MR) is 164 cm³/mol. The van der Waals surface area contributed by atoms with Gasteiger partial charge in [-0.1, -0.05) is 25.5 Å². The van der Waals surface area contributed by atoms with E-state index in [2.05, 4.69) is 4.74 Å². The fraction of sp³-hybridized carbons (Fsp3) is 0.297. The molecule has 2 nitrogen and oxygen atoms in total. The van der Waals surface area contributed by atoms with Crippen molar-refractivity contribution in [3.63, 3.8) is 0 Å². The molecule has 0 aromatic heterocycles. The number of ether oxygens (including phenoxy) is 2. The van der Waals surface area contributed by atoms with Crippen molar-refractivity contribution >= 4 is 6.08 Å². The molecule has 0 saturated heterocycles. The van der Waals surface area contributed by atoms with Gasteiger partial charge >= 0.3 is 6.11 Å². The molecule has 0 atom stereocenters. The molecule has 0 spiro atoms. The van der Waals surface area contributed by atoms with Gasteiger partial charge < -0.3 is 9.47 Å². The SMILES string of the molecule is CCCCOC1CCC(c2cc(F)c(C(F)(F)Oc3ccc(-c4ccc(-c5cc(F)c(C=C(F)F)c(F)c5)c(F)c4)c(F)c3)c(F)c2)CC1. The Bertz CT molecular complexity index is 1800. The molecule has 4 aromatic rings. The summed E-state index contributed by atoms with van der Waals surface area (Å²) in [6.45, 7) is 2.68. The van der Waals surface area contributed by atoms with Gasteiger partial charge in [0.05, 0.1) is 11.7 Å². The van der Waals surface area contributed by atoms with Gasteiger partial charge in [0.15, 0.2) is 0 Å². The Hall–Kier alpha value is -4.32. The van der Waals surface area contributed by atoms with Crippen LogP contribution in [0.3, 0.4) is 0 Å². The third kappa shape index (κ3) is 8.29. The highest BCUT2D eigenvalue weighted by Crippen LogP contribution is 2.40. The van der Waals surface area contributed by atoms with Crippen LogP contribution in [-0.2, 0) is 10.8 Å². The van der Waals surface area contributed by atoms with Gasteiger partial charge in [0.2, 0.25) is 0 Å². The van der Waals surface area contributed by atoms with Crippen LogP contribution in [0.4, 0.5) is 43.9 Å². The summed E-state index contributed by atoms with van der Waals surface area (Å²) in [7, 11) is 0. The zero-order chi connectivity index (χ0) is 35.5. The minimum atomic E-state index is -4.54. The fourth-order valence-electron chi connectivity index (χ4n) is 5.96. The molecular formula is C37H30F10O2. The van der Waals surface area contributed by atoms with E-state index in [4.69, 9.17) is 4.74 Å². The Labute approximate surface area is 276 Å². The molecule has 0 radical (unpaired) electrons. The molecule has 0 aliphatic heterocycles. The molecule has 0 bridgehead atoms. The molecule has 5 rings (SSSR count). The van der Waals surface area contributed by atoms with Gasteiger partial charge in [-0.15, -0.1) is 0 Å². The van der Waals surface area contributed by atoms with E-state index in [-0.39, 0.29) is 45.9 Å². The Kier molecular flexibility index (Phi) is 11.1. The van der Waals surface area contributed by atoms with Crippen LogP contribution in [0.2, 0.25) is 0 Å². The van der Waals surface area contributed by atoms with Gasteiger partial charge in [0, 0.05) is 29.9 Å². The monoisotopic (exact) mass is 696 g/mol. The lowest BCUT2D eigenvalue weighted by Gasteiger charge is -2.29. The molecule has 0 N–H and O–H groups in total. The van der Waals surface area contributed by atoms with Crippen LogP contribution in [0.15, 0.2) is 66.7 Å². The third-order valence-electron chi connectivity index (χ3n) is 8.46. The number of benzene rings is 4. The van der Waals surface area contributed by atoms with Gasteiger partial charge in [-0.05, 0) is 97.2 Å². The smallest absolute Gasteiger partial charge is 0.429 e. The highest BCUT2D eigenvalue weighted by Gasteiger charge is 2.42. The summed E-state index contributed by atoms with van der Waals surface area (Å²) in [6, 6.07) is 8.46. The van der Waals surface area contributed by atoms with Gasteiger partial charge in [-0.3, -0.25) is 0 Å². The number of hydrogen-bond acceptors (Lipinski definition) is 2. The van der Waals surface area contributed by atoms with Crippen molar-refractivity contribution in [3.8, 4) is 28.0 Å². The topological polar surface area (TPSA) is 18.5 Å². The van der Waals surface area contributed by atoms with Crippen LogP contribution in [0.5, 0.6) is 5.75 Å². The van der Waals surface area contributed by atoms with Crippen molar-refractivity contribution in [2.75, 3.05) is 6.61 Å². The fourth-order valence-corrected chi connectivity index (χ4v) is 5.96. The molecule has 4 aromatic carbocycles. The number of halogens is 10. The molecule has 0 heterocycles. The van der Waals surface area contributed by atoms with Gasteiger partial charge in [-0.2, -0.15) is 17.6 Å². The summed E-state index contributed by atoms with van der Waals surface area (Å²) in [5.41, 5.74) is -3.46. The normalized spacial score (nSPS) is 16.5. The summed E-state index contributed by atoms with van der Waals surface area (Å²) in [6.07, 6.45) is -2.42. The molecule has 0 amide bonds. The van der Waals surface area contributed by atoms with E-state index >= 15 is 26.3 Å². The van der Waals surface area contributed by atoms with Crippen molar-refractivity contribution in [1.29, 1.82) is 0 Å². The Morgan fingerprint density at radius 1 is 0.714 bits per heavy atom. The van der Waals surface area contributed by atoms with E-state index in [9.17, 15) is 17.6 Å². The highest BCUT2D eigenvalue weighted by atomic mass is 19.3. The molecular weight excluding hydrogens is 666 g/mol. The molecule has 1 aliphatic rings. The second-order valence-electron chi connectivity index (χ2n) is 11.8. The van der Waals surface area contributed by atoms with E-state index in [0.29, 0.717) is 50.5 Å². The van der Waals surface area contributed by atoms with Crippen LogP contribution in [0.25, 0.3) is 28.3 Å². The first-order valence-electron chi connectivity index (χ1n) is 15.6. The Morgan fingerprint density at radius 2 is 1.29 bits per heavy atom. The highest BCUT2D eigenvalue weighted by molar-refractivity contribution is 5.73. The van der Waals surface area contributed by atoms with Crippen molar-refractivity contribution in [3.05, 3.63) is 118 Å². The first-order chi connectivity index (χ1) is 23.3. The third-order valence-corrected chi connectivity index (χ3v) is 8.46. The van der Waals surface area contributed by atoms with Gasteiger partial charge in [-0.25, -0.2) is 26.3 Å². The summed E-state index contributed by atoms with van der Waals surface area (Å²) in [4.78, 5) is 0. The molecule has 1 aliphatic carbocycles. The summed E-state index contributed by atoms with van der Waals surface area (Å²) in [5, 5.41) is 0. The van der Waals surface area contributed by atoms with Crippen LogP contribution < -0.4 is 4.74 Å². The molecule has 49 heavy (non-hydrogen) atoms. The van der Waals surface area contributed by atoms with Crippen molar-refractivity contribution < 1.29 is 53.4 Å². The summed E-state index contributed by atoms with van der Waals surface area (Å²) >= 11 is 0. The van der Waals surface area contributed by atoms with Crippen molar-refractivity contribution in [1.82, 2.24) is 0 Å². The summed E-state index contributed by atoms with van der Waals surface area (Å²) < 4.78 is 154. The van der Waals surface area contributed by atoms with Crippen molar-refractivity contribution in [2.24, 2.45) is 0 Å². The van der Waals surface area contributed by atoms with Crippen LogP contribution in [-0.4, -0.2) is 12.7 Å². The average molecular weight is 697 g/mol. The van der Waals surface area contributed by atoms with E-state index in [1.54, 1.807) is 0 Å². The zero-order valence-corrected chi connectivity index (χ0v) is 26.1. The second-order valence-corrected chi connectivity index (χ2v) is 11.8. The maximum Gasteiger partial charge on any atom is 0.432 e. The first kappa shape index (κ1) is 36.0. The van der Waals surface area contributed by atoms with Crippen LogP contribution in [0.1, 0.15) is 68.1 Å². The lowest BCUT2D eigenvalue weighted by molar-refractivity contribution is -0.189. The van der Waals surface area contributed by atoms with E-state index in [1.807, 2.05) is 6.92 Å². The lowest BCUT2D eigenvalue weighted by atomic mass is 9.82. The maximum atomic E-state index is 15.1. The van der Waals surface area contributed by atoms with E-state index < -0.39 is 64.0 Å². The summed E-state index contributed by atoms with van der Waals surface area (Å²) in [5.74, 6) is -9.02. The predicted octanol–water partition coefficient (Wildman–Crippen LogP) is 12.1. The number of alkyl halides is 2. The lowest BCUT2D eigenvalue weighted by Crippen LogP contribution is -2.26. The number of rotatable bonds is 11. The van der Waals surface area contributed by atoms with E-state index in [0.717, 1.165) is 49.2 Å². The minimum absolute atomic E-state index is 0.0133. The van der Waals surface area contributed by atoms with Crippen LogP contribution >= 0.6 is 0 Å². The van der Waals surface area contributed by atoms with Gasteiger partial charge in [0.1, 0.15) is 46.2 Å². The molecule has 1 saturated carbocycles. The number of hydrogen-bond donors (Lipinski definition) is 0. The number of unbranched alkanes of at least 4 members (excludes halogenated alkanes) is 1. The molecule has 12 heteroatoms.